The van der Waals surface area contributed by atoms with Gasteiger partial charge in [-0.3, -0.25) is 14.8 Å². The minimum Gasteiger partial charge on any atom is -0.335 e. The Labute approximate surface area is 143 Å². The topological polar surface area (TPSA) is 52.2 Å². The van der Waals surface area contributed by atoms with Crippen LogP contribution in [-0.2, 0) is 12.7 Å². The first-order valence-corrected chi connectivity index (χ1v) is 8.03. The summed E-state index contributed by atoms with van der Waals surface area (Å²) in [7, 11) is 0. The van der Waals surface area contributed by atoms with Gasteiger partial charge in [-0.1, -0.05) is 12.1 Å². The largest absolute Gasteiger partial charge is 0.416 e. The zero-order valence-corrected chi connectivity index (χ0v) is 13.8. The second kappa shape index (κ2) is 6.87. The molecule has 0 saturated carbocycles. The Balaban J connectivity index is 1.53. The van der Waals surface area contributed by atoms with Gasteiger partial charge in [0.15, 0.2) is 0 Å². The highest BCUT2D eigenvalue weighted by molar-refractivity contribution is 5.92. The molecule has 0 atom stereocenters. The van der Waals surface area contributed by atoms with E-state index in [-0.39, 0.29) is 5.91 Å². The first kappa shape index (κ1) is 17.5. The molecule has 0 unspecified atom stereocenters. The summed E-state index contributed by atoms with van der Waals surface area (Å²) in [6.07, 6.45) is -4.31. The molecule has 1 N–H and O–H groups in total. The molecular formula is C17H19F3N4O. The zero-order chi connectivity index (χ0) is 18.0. The number of hydrogen-bond donors (Lipinski definition) is 1. The van der Waals surface area contributed by atoms with E-state index in [4.69, 9.17) is 0 Å². The van der Waals surface area contributed by atoms with Crippen molar-refractivity contribution in [2.45, 2.75) is 19.6 Å². The monoisotopic (exact) mass is 352 g/mol. The summed E-state index contributed by atoms with van der Waals surface area (Å²) in [6.45, 7) is 4.91. The van der Waals surface area contributed by atoms with Crippen molar-refractivity contribution >= 4 is 5.91 Å². The number of piperazine rings is 1. The highest BCUT2D eigenvalue weighted by Gasteiger charge is 2.30. The van der Waals surface area contributed by atoms with E-state index in [0.717, 1.165) is 23.4 Å². The number of hydrogen-bond acceptors (Lipinski definition) is 3. The van der Waals surface area contributed by atoms with Crippen LogP contribution in [0.5, 0.6) is 0 Å². The SMILES string of the molecule is Cc1cc(C(=O)N2CCN(Cc3ccc(C(F)(F)F)cc3)CC2)n[nH]1. The van der Waals surface area contributed by atoms with Gasteiger partial charge in [-0.15, -0.1) is 0 Å². The second-order valence-electron chi connectivity index (χ2n) is 6.20. The molecule has 2 heterocycles. The molecule has 5 nitrogen and oxygen atoms in total. The molecule has 0 spiro atoms. The number of nitrogens with zero attached hydrogens (tertiary/aromatic N) is 3. The van der Waals surface area contributed by atoms with E-state index in [2.05, 4.69) is 15.1 Å². The van der Waals surface area contributed by atoms with Crippen LogP contribution in [0, 0.1) is 6.92 Å². The highest BCUT2D eigenvalue weighted by atomic mass is 19.4. The number of halogens is 3. The smallest absolute Gasteiger partial charge is 0.335 e. The molecule has 1 amide bonds. The number of carbonyl (C=O) groups is 1. The molecule has 2 aromatic rings. The van der Waals surface area contributed by atoms with Crippen LogP contribution in [0.1, 0.15) is 27.3 Å². The number of aryl methyl sites for hydroxylation is 1. The second-order valence-corrected chi connectivity index (χ2v) is 6.20. The summed E-state index contributed by atoms with van der Waals surface area (Å²) in [5.41, 5.74) is 1.44. The number of aromatic amines is 1. The van der Waals surface area contributed by atoms with Gasteiger partial charge in [-0.25, -0.2) is 0 Å². The fourth-order valence-electron chi connectivity index (χ4n) is 2.86. The lowest BCUT2D eigenvalue weighted by Crippen LogP contribution is -2.48. The number of rotatable bonds is 3. The standard InChI is InChI=1S/C17H19F3N4O/c1-12-10-15(22-21-12)16(25)24-8-6-23(7-9-24)11-13-2-4-14(5-3-13)17(18,19)20/h2-5,10H,6-9,11H2,1H3,(H,21,22). The van der Waals surface area contributed by atoms with Crippen molar-refractivity contribution in [1.82, 2.24) is 20.0 Å². The van der Waals surface area contributed by atoms with Crippen molar-refractivity contribution in [3.8, 4) is 0 Å². The maximum atomic E-state index is 12.6. The van der Waals surface area contributed by atoms with E-state index in [1.807, 2.05) is 6.92 Å². The highest BCUT2D eigenvalue weighted by Crippen LogP contribution is 2.29. The minimum absolute atomic E-state index is 0.0986. The summed E-state index contributed by atoms with van der Waals surface area (Å²) in [6, 6.07) is 6.95. The predicted octanol–water partition coefficient (Wildman–Crippen LogP) is 2.69. The number of alkyl halides is 3. The lowest BCUT2D eigenvalue weighted by molar-refractivity contribution is -0.137. The molecular weight excluding hydrogens is 333 g/mol. The van der Waals surface area contributed by atoms with Gasteiger partial charge in [0, 0.05) is 38.4 Å². The van der Waals surface area contributed by atoms with Crippen molar-refractivity contribution in [2.75, 3.05) is 26.2 Å². The summed E-state index contributed by atoms with van der Waals surface area (Å²) in [4.78, 5) is 16.2. The van der Waals surface area contributed by atoms with Crippen molar-refractivity contribution < 1.29 is 18.0 Å². The first-order chi connectivity index (χ1) is 11.8. The Bertz CT molecular complexity index is 731. The van der Waals surface area contributed by atoms with E-state index in [1.165, 1.54) is 12.1 Å². The average Bonchev–Trinajstić information content (AvgIpc) is 3.01. The van der Waals surface area contributed by atoms with Crippen LogP contribution in [0.3, 0.4) is 0 Å². The van der Waals surface area contributed by atoms with Gasteiger partial charge >= 0.3 is 6.18 Å². The van der Waals surface area contributed by atoms with E-state index in [0.29, 0.717) is 38.4 Å². The number of carbonyl (C=O) groups excluding carboxylic acids is 1. The van der Waals surface area contributed by atoms with Gasteiger partial charge in [0.25, 0.3) is 5.91 Å². The zero-order valence-electron chi connectivity index (χ0n) is 13.8. The van der Waals surface area contributed by atoms with Gasteiger partial charge < -0.3 is 4.90 Å². The number of nitrogens with one attached hydrogen (secondary N) is 1. The third-order valence-electron chi connectivity index (χ3n) is 4.27. The quantitative estimate of drug-likeness (QED) is 0.924. The fraction of sp³-hybridized carbons (Fsp3) is 0.412. The van der Waals surface area contributed by atoms with Crippen LogP contribution < -0.4 is 0 Å². The van der Waals surface area contributed by atoms with E-state index in [1.54, 1.807) is 11.0 Å². The number of aromatic nitrogens is 2. The van der Waals surface area contributed by atoms with Crippen LogP contribution in [0.15, 0.2) is 30.3 Å². The Kier molecular flexibility index (Phi) is 4.80. The van der Waals surface area contributed by atoms with Crippen molar-refractivity contribution in [2.24, 2.45) is 0 Å². The van der Waals surface area contributed by atoms with Crippen molar-refractivity contribution in [3.63, 3.8) is 0 Å². The summed E-state index contributed by atoms with van der Waals surface area (Å²) in [5, 5.41) is 6.74. The Hall–Kier alpha value is -2.35. The molecule has 1 aliphatic rings. The molecule has 3 rings (SSSR count). The molecule has 1 fully saturated rings. The van der Waals surface area contributed by atoms with Crippen molar-refractivity contribution in [1.29, 1.82) is 0 Å². The Morgan fingerprint density at radius 3 is 2.32 bits per heavy atom. The third kappa shape index (κ3) is 4.19. The summed E-state index contributed by atoms with van der Waals surface area (Å²) in [5.74, 6) is -0.0986. The average molecular weight is 352 g/mol. The molecule has 1 saturated heterocycles. The molecule has 0 aliphatic carbocycles. The maximum Gasteiger partial charge on any atom is 0.416 e. The number of amides is 1. The molecule has 134 valence electrons. The Morgan fingerprint density at radius 2 is 1.80 bits per heavy atom. The molecule has 0 radical (unpaired) electrons. The number of benzene rings is 1. The molecule has 1 aromatic heterocycles. The lowest BCUT2D eigenvalue weighted by atomic mass is 10.1. The van der Waals surface area contributed by atoms with Crippen LogP contribution in [-0.4, -0.2) is 52.1 Å². The molecule has 8 heteroatoms. The normalized spacial score (nSPS) is 16.2. The van der Waals surface area contributed by atoms with Crippen LogP contribution >= 0.6 is 0 Å². The predicted molar refractivity (Wildman–Crippen MR) is 85.9 cm³/mol. The van der Waals surface area contributed by atoms with Gasteiger partial charge in [0.2, 0.25) is 0 Å². The van der Waals surface area contributed by atoms with E-state index < -0.39 is 11.7 Å². The third-order valence-corrected chi connectivity index (χ3v) is 4.27. The Morgan fingerprint density at radius 1 is 1.16 bits per heavy atom. The van der Waals surface area contributed by atoms with Crippen LogP contribution in [0.25, 0.3) is 0 Å². The summed E-state index contributed by atoms with van der Waals surface area (Å²) < 4.78 is 37.7. The van der Waals surface area contributed by atoms with Crippen molar-refractivity contribution in [3.05, 3.63) is 52.8 Å². The van der Waals surface area contributed by atoms with E-state index >= 15 is 0 Å². The van der Waals surface area contributed by atoms with E-state index in [9.17, 15) is 18.0 Å². The fourth-order valence-corrected chi connectivity index (χ4v) is 2.86. The van der Waals surface area contributed by atoms with Crippen LogP contribution in [0.4, 0.5) is 13.2 Å². The summed E-state index contributed by atoms with van der Waals surface area (Å²) >= 11 is 0. The van der Waals surface area contributed by atoms with Crippen LogP contribution in [0.2, 0.25) is 0 Å². The van der Waals surface area contributed by atoms with Gasteiger partial charge in [-0.05, 0) is 30.7 Å². The maximum absolute atomic E-state index is 12.6. The molecule has 25 heavy (non-hydrogen) atoms. The molecule has 0 bridgehead atoms. The number of H-pyrrole nitrogens is 1. The van der Waals surface area contributed by atoms with Gasteiger partial charge in [0.05, 0.1) is 5.56 Å². The molecule has 1 aliphatic heterocycles. The lowest BCUT2D eigenvalue weighted by Gasteiger charge is -2.34. The first-order valence-electron chi connectivity index (χ1n) is 8.03. The van der Waals surface area contributed by atoms with Gasteiger partial charge in [0.1, 0.15) is 5.69 Å². The molecule has 1 aromatic carbocycles. The minimum atomic E-state index is -4.31. The van der Waals surface area contributed by atoms with Gasteiger partial charge in [-0.2, -0.15) is 18.3 Å².